The molecule has 0 aromatic carbocycles. The van der Waals surface area contributed by atoms with Crippen molar-refractivity contribution in [2.24, 2.45) is 0 Å². The van der Waals surface area contributed by atoms with Gasteiger partial charge in [-0.2, -0.15) is 0 Å². The Morgan fingerprint density at radius 3 is 1.40 bits per heavy atom. The van der Waals surface area contributed by atoms with Crippen molar-refractivity contribution in [3.05, 3.63) is 15.3 Å². The maximum atomic E-state index is 8.89. The van der Waals surface area contributed by atoms with Crippen LogP contribution in [0.4, 0.5) is 0 Å². The number of carboxylic acid groups (broad SMARTS) is 1. The normalized spacial score (nSPS) is 4.90. The van der Waals surface area contributed by atoms with E-state index in [0.29, 0.717) is 0 Å². The molecular formula is C2H3MgMnNO5. The third-order valence-electron chi connectivity index (χ3n) is 0. The summed E-state index contributed by atoms with van der Waals surface area (Å²) in [7, 11) is 0. The molecule has 0 aliphatic heterocycles. The zero-order valence-corrected chi connectivity index (χ0v) is 7.67. The van der Waals surface area contributed by atoms with Crippen LogP contribution >= 0.6 is 0 Å². The minimum absolute atomic E-state index is 0. The quantitative estimate of drug-likeness (QED) is 0.259. The molecule has 0 saturated heterocycles. The monoisotopic (exact) mass is 200 g/mol. The van der Waals surface area contributed by atoms with Crippen molar-refractivity contribution in [1.82, 2.24) is 0 Å². The van der Waals surface area contributed by atoms with E-state index in [1.165, 1.54) is 0 Å². The van der Waals surface area contributed by atoms with Crippen molar-refractivity contribution in [2.45, 2.75) is 6.92 Å². The summed E-state index contributed by atoms with van der Waals surface area (Å²) >= 11 is 0. The smallest absolute Gasteiger partial charge is 0.550 e. The zero-order chi connectivity index (χ0) is 7.15. The molecule has 1 radical (unpaired) electrons. The standard InChI is InChI=1S/C2H4O2.Mg.Mn.NO3/c1-2(3)4;;;2-1(3)4/h1H3,(H,3,4);;;/q;+2;;-1/p-1. The fourth-order valence-corrected chi connectivity index (χ4v) is 0. The minimum atomic E-state index is -1.75. The van der Waals surface area contributed by atoms with E-state index in [2.05, 4.69) is 0 Å². The Hall–Kier alpha value is -0.0443. The van der Waals surface area contributed by atoms with Crippen LogP contribution in [0, 0.1) is 15.3 Å². The molecule has 6 nitrogen and oxygen atoms in total. The predicted octanol–water partition coefficient (Wildman–Crippen LogP) is -1.87. The number of hydrogen-bond donors (Lipinski definition) is 0. The number of carbonyl (C=O) groups is 1. The van der Waals surface area contributed by atoms with Gasteiger partial charge in [0.15, 0.2) is 0 Å². The fourth-order valence-electron chi connectivity index (χ4n) is 0. The van der Waals surface area contributed by atoms with E-state index >= 15 is 0 Å². The second-order valence-corrected chi connectivity index (χ2v) is 0.715. The van der Waals surface area contributed by atoms with Gasteiger partial charge in [0, 0.05) is 23.0 Å². The van der Waals surface area contributed by atoms with Gasteiger partial charge in [-0.25, -0.2) is 0 Å². The number of aliphatic carboxylic acids is 1. The molecule has 0 aromatic heterocycles. The average Bonchev–Trinajstić information content (AvgIpc) is 1.25. The van der Waals surface area contributed by atoms with Gasteiger partial charge in [0.05, 0.1) is 5.09 Å². The molecule has 0 fully saturated rings. The number of carbonyl (C=O) groups excluding carboxylic acids is 1. The molecule has 0 spiro atoms. The van der Waals surface area contributed by atoms with E-state index in [1.54, 1.807) is 0 Å². The van der Waals surface area contributed by atoms with Gasteiger partial charge in [-0.15, -0.1) is 0 Å². The van der Waals surface area contributed by atoms with Crippen molar-refractivity contribution in [1.29, 1.82) is 0 Å². The fraction of sp³-hybridized carbons (Fsp3) is 0.500. The summed E-state index contributed by atoms with van der Waals surface area (Å²) < 4.78 is 0. The van der Waals surface area contributed by atoms with Gasteiger partial charge in [0.1, 0.15) is 0 Å². The molecular weight excluding hydrogens is 197 g/mol. The van der Waals surface area contributed by atoms with Crippen LogP contribution in [0.1, 0.15) is 6.92 Å². The van der Waals surface area contributed by atoms with Gasteiger partial charge >= 0.3 is 23.1 Å². The van der Waals surface area contributed by atoms with Crippen molar-refractivity contribution < 1.29 is 32.1 Å². The first-order valence-electron chi connectivity index (χ1n) is 1.46. The molecule has 0 aromatic rings. The molecule has 0 N–H and O–H groups in total. The largest absolute Gasteiger partial charge is 2.00 e. The Morgan fingerprint density at radius 2 is 1.40 bits per heavy atom. The molecule has 0 atom stereocenters. The van der Waals surface area contributed by atoms with Crippen molar-refractivity contribution in [2.75, 3.05) is 0 Å². The topological polar surface area (TPSA) is 106 Å². The van der Waals surface area contributed by atoms with Crippen molar-refractivity contribution in [3.8, 4) is 0 Å². The maximum Gasteiger partial charge on any atom is 2.00 e. The summed E-state index contributed by atoms with van der Waals surface area (Å²) in [5.74, 6) is -1.08. The van der Waals surface area contributed by atoms with Crippen LogP contribution in [0.15, 0.2) is 0 Å². The average molecular weight is 200 g/mol. The number of rotatable bonds is 0. The summed E-state index contributed by atoms with van der Waals surface area (Å²) in [6.07, 6.45) is 0. The molecule has 10 heavy (non-hydrogen) atoms. The molecule has 0 unspecified atom stereocenters. The number of nitrogens with zero attached hydrogens (tertiary/aromatic N) is 1. The Balaban J connectivity index is -0.0000000300. The molecule has 0 heterocycles. The summed E-state index contributed by atoms with van der Waals surface area (Å²) in [5.41, 5.74) is 0. The second kappa shape index (κ2) is 16.0. The predicted molar refractivity (Wildman–Crippen MR) is 26.8 cm³/mol. The van der Waals surface area contributed by atoms with E-state index in [9.17, 15) is 0 Å². The summed E-state index contributed by atoms with van der Waals surface area (Å²) in [6.45, 7) is 0.972. The molecule has 0 aliphatic rings. The molecule has 0 amide bonds. The molecule has 0 bridgehead atoms. The summed E-state index contributed by atoms with van der Waals surface area (Å²) in [6, 6.07) is 0. The van der Waals surface area contributed by atoms with Gasteiger partial charge in [-0.1, -0.05) is 0 Å². The first-order valence-corrected chi connectivity index (χ1v) is 1.46. The Bertz CT molecular complexity index is 77.6. The van der Waals surface area contributed by atoms with Crippen molar-refractivity contribution in [3.63, 3.8) is 0 Å². The van der Waals surface area contributed by atoms with E-state index < -0.39 is 11.1 Å². The van der Waals surface area contributed by atoms with Crippen molar-refractivity contribution >= 4 is 29.0 Å². The SMILES string of the molecule is CC(=O)[O-].O=[N+]([O-])[O-].[Mg+2].[Mn]. The molecule has 0 saturated carbocycles. The number of hydrogen-bond acceptors (Lipinski definition) is 5. The van der Waals surface area contributed by atoms with Gasteiger partial charge in [-0.3, -0.25) is 0 Å². The Morgan fingerprint density at radius 1 is 1.40 bits per heavy atom. The van der Waals surface area contributed by atoms with Crippen LogP contribution in [0.2, 0.25) is 0 Å². The summed E-state index contributed by atoms with van der Waals surface area (Å²) in [4.78, 5) is 17.1. The van der Waals surface area contributed by atoms with Gasteiger partial charge in [0.2, 0.25) is 0 Å². The number of carboxylic acids is 1. The van der Waals surface area contributed by atoms with E-state index in [1.807, 2.05) is 0 Å². The third kappa shape index (κ3) is 196000. The van der Waals surface area contributed by atoms with Crippen LogP contribution in [-0.2, 0) is 21.9 Å². The van der Waals surface area contributed by atoms with E-state index in [0.717, 1.165) is 6.92 Å². The molecule has 0 aliphatic carbocycles. The second-order valence-electron chi connectivity index (χ2n) is 0.715. The molecule has 55 valence electrons. The van der Waals surface area contributed by atoms with Crippen LogP contribution < -0.4 is 5.11 Å². The zero-order valence-electron chi connectivity index (χ0n) is 5.07. The van der Waals surface area contributed by atoms with Gasteiger partial charge in [-0.05, 0) is 6.92 Å². The molecule has 0 rings (SSSR count). The van der Waals surface area contributed by atoms with Crippen LogP contribution in [0.5, 0.6) is 0 Å². The Labute approximate surface area is 83.3 Å². The maximum absolute atomic E-state index is 8.89. The first-order chi connectivity index (χ1) is 3.46. The minimum Gasteiger partial charge on any atom is -0.550 e. The van der Waals surface area contributed by atoms with Crippen LogP contribution in [-0.4, -0.2) is 34.1 Å². The van der Waals surface area contributed by atoms with Gasteiger partial charge < -0.3 is 25.2 Å². The van der Waals surface area contributed by atoms with Crippen LogP contribution in [0.25, 0.3) is 0 Å². The van der Waals surface area contributed by atoms with Crippen LogP contribution in [0.3, 0.4) is 0 Å². The third-order valence-corrected chi connectivity index (χ3v) is 0. The van der Waals surface area contributed by atoms with Gasteiger partial charge in [0.25, 0.3) is 0 Å². The summed E-state index contributed by atoms with van der Waals surface area (Å²) in [5, 5.41) is 23.6. The first kappa shape index (κ1) is 22.5. The Kier molecular flexibility index (Phi) is 36.0. The van der Waals surface area contributed by atoms with E-state index in [4.69, 9.17) is 25.2 Å². The molecule has 8 heteroatoms. The van der Waals surface area contributed by atoms with E-state index in [-0.39, 0.29) is 40.1 Å².